The Morgan fingerprint density at radius 1 is 1.58 bits per heavy atom. The van der Waals surface area contributed by atoms with Crippen LogP contribution in [0, 0.1) is 19.3 Å². The Balaban J connectivity index is 2.77. The molecular weight excluding hydrogens is 168 g/mol. The van der Waals surface area contributed by atoms with E-state index in [1.54, 1.807) is 17.5 Å². The summed E-state index contributed by atoms with van der Waals surface area (Å²) in [5.74, 6) is 2.53. The summed E-state index contributed by atoms with van der Waals surface area (Å²) < 4.78 is 0. The quantitative estimate of drug-likeness (QED) is 0.571. The molecule has 0 aliphatic rings. The van der Waals surface area contributed by atoms with Crippen molar-refractivity contribution in [1.82, 2.24) is 9.97 Å². The minimum absolute atomic E-state index is 0.785. The van der Waals surface area contributed by atoms with E-state index < -0.39 is 0 Å². The van der Waals surface area contributed by atoms with Gasteiger partial charge in [0.25, 0.3) is 0 Å². The molecule has 2 heterocycles. The van der Waals surface area contributed by atoms with E-state index in [9.17, 15) is 0 Å². The Labute approximate surface area is 74.3 Å². The second kappa shape index (κ2) is 2.58. The lowest BCUT2D eigenvalue weighted by molar-refractivity contribution is 1.33. The van der Waals surface area contributed by atoms with Gasteiger partial charge in [0.1, 0.15) is 10.3 Å². The van der Waals surface area contributed by atoms with Crippen molar-refractivity contribution in [3.63, 3.8) is 0 Å². The van der Waals surface area contributed by atoms with Crippen LogP contribution >= 0.6 is 11.3 Å². The van der Waals surface area contributed by atoms with Crippen LogP contribution in [-0.4, -0.2) is 9.97 Å². The van der Waals surface area contributed by atoms with Crippen molar-refractivity contribution < 1.29 is 0 Å². The zero-order chi connectivity index (χ0) is 8.55. The molecule has 0 atom stereocenters. The smallest absolute Gasteiger partial charge is 0.143 e. The summed E-state index contributed by atoms with van der Waals surface area (Å²) in [6.07, 6.45) is 6.93. The van der Waals surface area contributed by atoms with Crippen LogP contribution in [0.15, 0.2) is 12.3 Å². The summed E-state index contributed by atoms with van der Waals surface area (Å²) in [4.78, 5) is 9.42. The Kier molecular flexibility index (Phi) is 1.56. The van der Waals surface area contributed by atoms with Gasteiger partial charge in [-0.15, -0.1) is 6.42 Å². The first kappa shape index (κ1) is 7.26. The van der Waals surface area contributed by atoms with Crippen molar-refractivity contribution in [2.24, 2.45) is 0 Å². The number of hydrogen-bond acceptors (Lipinski definition) is 3. The third-order valence-corrected chi connectivity index (χ3v) is 2.42. The monoisotopic (exact) mass is 174 g/mol. The molecule has 0 aliphatic heterocycles. The number of pyridine rings is 1. The van der Waals surface area contributed by atoms with Gasteiger partial charge < -0.3 is 0 Å². The summed E-state index contributed by atoms with van der Waals surface area (Å²) >= 11 is 1.58. The predicted octanol–water partition coefficient (Wildman–Crippen LogP) is 1.98. The standard InChI is InChI=1S/C9H6N2S/c1-3-7-4-8-9(10-5-7)12-6(2)11-8/h1,4-5H,2H3. The Morgan fingerprint density at radius 3 is 3.17 bits per heavy atom. The molecule has 0 aromatic carbocycles. The molecule has 3 heteroatoms. The van der Waals surface area contributed by atoms with Gasteiger partial charge in [-0.25, -0.2) is 9.97 Å². The van der Waals surface area contributed by atoms with Crippen LogP contribution < -0.4 is 0 Å². The zero-order valence-electron chi connectivity index (χ0n) is 6.53. The van der Waals surface area contributed by atoms with E-state index in [-0.39, 0.29) is 0 Å². The second-order valence-electron chi connectivity index (χ2n) is 2.43. The van der Waals surface area contributed by atoms with Crippen molar-refractivity contribution >= 4 is 21.7 Å². The van der Waals surface area contributed by atoms with Gasteiger partial charge in [0.15, 0.2) is 0 Å². The lowest BCUT2D eigenvalue weighted by Gasteiger charge is -1.87. The van der Waals surface area contributed by atoms with Gasteiger partial charge in [-0.2, -0.15) is 0 Å². The molecule has 0 bridgehead atoms. The number of aromatic nitrogens is 2. The Bertz CT molecular complexity index is 465. The lowest BCUT2D eigenvalue weighted by Crippen LogP contribution is -1.77. The van der Waals surface area contributed by atoms with Gasteiger partial charge in [-0.1, -0.05) is 17.3 Å². The molecule has 0 aliphatic carbocycles. The van der Waals surface area contributed by atoms with E-state index in [2.05, 4.69) is 15.9 Å². The first-order valence-electron chi connectivity index (χ1n) is 3.49. The van der Waals surface area contributed by atoms with E-state index in [4.69, 9.17) is 6.42 Å². The molecule has 2 rings (SSSR count). The molecular formula is C9H6N2S. The lowest BCUT2D eigenvalue weighted by atomic mass is 10.3. The minimum Gasteiger partial charge on any atom is -0.242 e. The van der Waals surface area contributed by atoms with E-state index in [0.29, 0.717) is 0 Å². The summed E-state index contributed by atoms with van der Waals surface area (Å²) in [5.41, 5.74) is 1.68. The molecule has 0 radical (unpaired) electrons. The zero-order valence-corrected chi connectivity index (χ0v) is 7.35. The fourth-order valence-electron chi connectivity index (χ4n) is 1.01. The van der Waals surface area contributed by atoms with Crippen molar-refractivity contribution in [2.45, 2.75) is 6.92 Å². The van der Waals surface area contributed by atoms with Gasteiger partial charge in [0, 0.05) is 11.8 Å². The van der Waals surface area contributed by atoms with E-state index in [1.165, 1.54) is 0 Å². The number of thiazole rings is 1. The molecule has 2 nitrogen and oxygen atoms in total. The predicted molar refractivity (Wildman–Crippen MR) is 50.1 cm³/mol. The van der Waals surface area contributed by atoms with Crippen LogP contribution in [0.1, 0.15) is 10.6 Å². The van der Waals surface area contributed by atoms with E-state index >= 15 is 0 Å². The van der Waals surface area contributed by atoms with Gasteiger partial charge in [-0.05, 0) is 13.0 Å². The molecule has 0 saturated carbocycles. The molecule has 0 saturated heterocycles. The van der Waals surface area contributed by atoms with Crippen LogP contribution in [-0.2, 0) is 0 Å². The molecule has 0 fully saturated rings. The number of nitrogens with zero attached hydrogens (tertiary/aromatic N) is 2. The third kappa shape index (κ3) is 1.06. The Hall–Kier alpha value is -1.40. The fraction of sp³-hybridized carbons (Fsp3) is 0.111. The third-order valence-electron chi connectivity index (χ3n) is 1.52. The second-order valence-corrected chi connectivity index (χ2v) is 3.61. The van der Waals surface area contributed by atoms with Crippen LogP contribution in [0.3, 0.4) is 0 Å². The highest BCUT2D eigenvalue weighted by molar-refractivity contribution is 7.18. The largest absolute Gasteiger partial charge is 0.242 e. The van der Waals surface area contributed by atoms with Crippen molar-refractivity contribution in [3.05, 3.63) is 22.8 Å². The highest BCUT2D eigenvalue weighted by atomic mass is 32.1. The molecule has 0 amide bonds. The average Bonchev–Trinajstić information content (AvgIpc) is 2.43. The molecule has 0 N–H and O–H groups in total. The topological polar surface area (TPSA) is 25.8 Å². The van der Waals surface area contributed by atoms with E-state index in [0.717, 1.165) is 20.9 Å². The first-order chi connectivity index (χ1) is 5.79. The maximum atomic E-state index is 5.23. The maximum Gasteiger partial charge on any atom is 0.143 e. The summed E-state index contributed by atoms with van der Waals surface area (Å²) in [7, 11) is 0. The van der Waals surface area contributed by atoms with Crippen LogP contribution in [0.25, 0.3) is 10.3 Å². The molecule has 2 aromatic heterocycles. The van der Waals surface area contributed by atoms with Crippen molar-refractivity contribution in [2.75, 3.05) is 0 Å². The normalized spacial score (nSPS) is 10.0. The van der Waals surface area contributed by atoms with Crippen molar-refractivity contribution in [3.8, 4) is 12.3 Å². The van der Waals surface area contributed by atoms with Crippen molar-refractivity contribution in [1.29, 1.82) is 0 Å². The number of fused-ring (bicyclic) bond motifs is 1. The first-order valence-corrected chi connectivity index (χ1v) is 4.31. The highest BCUT2D eigenvalue weighted by Crippen LogP contribution is 2.19. The molecule has 58 valence electrons. The van der Waals surface area contributed by atoms with Gasteiger partial charge in [0.2, 0.25) is 0 Å². The number of aryl methyl sites for hydroxylation is 1. The van der Waals surface area contributed by atoms with Gasteiger partial charge in [-0.3, -0.25) is 0 Å². The highest BCUT2D eigenvalue weighted by Gasteiger charge is 2.00. The maximum absolute atomic E-state index is 5.23. The van der Waals surface area contributed by atoms with Crippen LogP contribution in [0.4, 0.5) is 0 Å². The molecule has 0 spiro atoms. The number of hydrogen-bond donors (Lipinski definition) is 0. The molecule has 0 unspecified atom stereocenters. The number of terminal acetylenes is 1. The minimum atomic E-state index is 0.785. The summed E-state index contributed by atoms with van der Waals surface area (Å²) in [5, 5.41) is 1.02. The van der Waals surface area contributed by atoms with Gasteiger partial charge >= 0.3 is 0 Å². The van der Waals surface area contributed by atoms with Gasteiger partial charge in [0.05, 0.1) is 5.01 Å². The van der Waals surface area contributed by atoms with E-state index in [1.807, 2.05) is 13.0 Å². The fourth-order valence-corrected chi connectivity index (χ4v) is 1.75. The van der Waals surface area contributed by atoms with Crippen LogP contribution in [0.2, 0.25) is 0 Å². The average molecular weight is 174 g/mol. The molecule has 2 aromatic rings. The van der Waals surface area contributed by atoms with Crippen LogP contribution in [0.5, 0.6) is 0 Å². The summed E-state index contributed by atoms with van der Waals surface area (Å²) in [6, 6.07) is 1.88. The molecule has 12 heavy (non-hydrogen) atoms. The SMILES string of the molecule is C#Cc1cnc2sc(C)nc2c1. The summed E-state index contributed by atoms with van der Waals surface area (Å²) in [6.45, 7) is 1.96. The Morgan fingerprint density at radius 2 is 2.42 bits per heavy atom. The number of rotatable bonds is 0.